The molecule has 214 valence electrons. The third kappa shape index (κ3) is 6.71. The number of nitrogens with zero attached hydrogens (tertiary/aromatic N) is 4. The smallest absolute Gasteiger partial charge is 0.344 e. The van der Waals surface area contributed by atoms with Gasteiger partial charge in [0.1, 0.15) is 5.71 Å². The third-order valence-corrected chi connectivity index (χ3v) is 9.45. The molecule has 39 heavy (non-hydrogen) atoms. The Balaban J connectivity index is 1.57. The third-order valence-electron chi connectivity index (χ3n) is 9.45. The number of aromatic nitrogens is 2. The van der Waals surface area contributed by atoms with E-state index in [4.69, 9.17) is 9.94 Å². The van der Waals surface area contributed by atoms with E-state index in [0.717, 1.165) is 61.6 Å². The maximum atomic E-state index is 13.8. The Labute approximate surface area is 232 Å². The number of rotatable bonds is 10. The van der Waals surface area contributed by atoms with Crippen LogP contribution in [-0.2, 0) is 9.63 Å². The van der Waals surface area contributed by atoms with Crippen molar-refractivity contribution in [1.82, 2.24) is 14.5 Å². The normalized spacial score (nSPS) is 26.0. The molecule has 0 amide bonds. The van der Waals surface area contributed by atoms with Gasteiger partial charge in [-0.1, -0.05) is 64.2 Å². The lowest BCUT2D eigenvalue weighted by molar-refractivity contribution is -0.142. The maximum Gasteiger partial charge on any atom is 0.344 e. The fourth-order valence-corrected chi connectivity index (χ4v) is 6.88. The van der Waals surface area contributed by atoms with Crippen LogP contribution in [0.2, 0.25) is 0 Å². The Morgan fingerprint density at radius 3 is 2.74 bits per heavy atom. The zero-order valence-corrected chi connectivity index (χ0v) is 24.4. The number of carbonyl (C=O) groups is 1. The molecule has 0 radical (unpaired) electrons. The molecule has 4 rings (SSSR count). The predicted molar refractivity (Wildman–Crippen MR) is 155 cm³/mol. The summed E-state index contributed by atoms with van der Waals surface area (Å²) in [5, 5.41) is 12.7. The first-order valence-corrected chi connectivity index (χ1v) is 14.8. The largest absolute Gasteiger partial charge is 0.479 e. The highest BCUT2D eigenvalue weighted by Crippen LogP contribution is 2.45. The van der Waals surface area contributed by atoms with Gasteiger partial charge in [-0.3, -0.25) is 4.79 Å². The van der Waals surface area contributed by atoms with Crippen LogP contribution in [0.5, 0.6) is 0 Å². The molecule has 8 heteroatoms. The van der Waals surface area contributed by atoms with Crippen molar-refractivity contribution in [1.29, 1.82) is 0 Å². The van der Waals surface area contributed by atoms with Crippen LogP contribution in [-0.4, -0.2) is 57.0 Å². The Morgan fingerprint density at radius 1 is 1.23 bits per heavy atom. The number of likely N-dealkylation sites (tertiary alicyclic amines) is 1. The van der Waals surface area contributed by atoms with Gasteiger partial charge >= 0.3 is 5.97 Å². The second-order valence-electron chi connectivity index (χ2n) is 12.3. The lowest BCUT2D eigenvalue weighted by Gasteiger charge is -2.45. The second kappa shape index (κ2) is 12.6. The zero-order valence-electron chi connectivity index (χ0n) is 24.4. The van der Waals surface area contributed by atoms with Crippen molar-refractivity contribution < 1.29 is 14.7 Å². The molecule has 1 saturated carbocycles. The number of carboxylic acids is 1. The first-order chi connectivity index (χ1) is 18.6. The molecule has 8 nitrogen and oxygen atoms in total. The number of benzene rings is 1. The van der Waals surface area contributed by atoms with E-state index < -0.39 is 12.6 Å². The minimum Gasteiger partial charge on any atom is -0.479 e. The highest BCUT2D eigenvalue weighted by Gasteiger charge is 2.37. The molecule has 4 atom stereocenters. The Hall–Kier alpha value is -2.74. The number of aliphatic carboxylic acids is 1. The van der Waals surface area contributed by atoms with Gasteiger partial charge in [-0.05, 0) is 75.0 Å². The molecule has 1 aliphatic heterocycles. The van der Waals surface area contributed by atoms with Crippen LogP contribution in [0.1, 0.15) is 97.7 Å². The highest BCUT2D eigenvalue weighted by atomic mass is 16.6. The lowest BCUT2D eigenvalue weighted by Crippen LogP contribution is -2.46. The number of hydrogen-bond acceptors (Lipinski definition) is 6. The van der Waals surface area contributed by atoms with Crippen LogP contribution in [0.15, 0.2) is 34.2 Å². The van der Waals surface area contributed by atoms with Crippen LogP contribution in [0.3, 0.4) is 0 Å². The summed E-state index contributed by atoms with van der Waals surface area (Å²) in [6.45, 7) is 12.8. The zero-order chi connectivity index (χ0) is 28.2. The van der Waals surface area contributed by atoms with Crippen molar-refractivity contribution in [2.24, 2.45) is 22.4 Å². The van der Waals surface area contributed by atoms with E-state index in [0.29, 0.717) is 11.5 Å². The average Bonchev–Trinajstić information content (AvgIpc) is 2.89. The van der Waals surface area contributed by atoms with Crippen molar-refractivity contribution in [3.05, 3.63) is 40.3 Å². The molecule has 1 aromatic carbocycles. The van der Waals surface area contributed by atoms with Gasteiger partial charge in [0.15, 0.2) is 5.69 Å². The monoisotopic (exact) mass is 538 g/mol. The van der Waals surface area contributed by atoms with Crippen molar-refractivity contribution >= 4 is 22.7 Å². The number of para-hydroxylation sites is 2. The molecular weight excluding hydrogens is 492 g/mol. The van der Waals surface area contributed by atoms with E-state index >= 15 is 0 Å². The standard InChI is InChI=1S/C31H46N4O4/c1-6-10-24-19-25(15-18-34(24)17-14-23-11-9-16-31(4,5)21(23)2)35-27-13-8-7-12-26(27)32-29(30(35)38)22(3)33-39-20-28(36)37/h7-8,12-13,21,23-25H,6,9-11,14-20H2,1-5H3,(H,36,37)/b33-22+/t21-,23-,24+,25?/m0/s1. The highest BCUT2D eigenvalue weighted by molar-refractivity contribution is 5.97. The van der Waals surface area contributed by atoms with Crippen LogP contribution in [0.4, 0.5) is 0 Å². The van der Waals surface area contributed by atoms with Crippen molar-refractivity contribution in [2.75, 3.05) is 19.7 Å². The number of carboxylic acid groups (broad SMARTS) is 1. The fraction of sp³-hybridized carbons (Fsp3) is 0.677. The van der Waals surface area contributed by atoms with E-state index in [9.17, 15) is 9.59 Å². The summed E-state index contributed by atoms with van der Waals surface area (Å²) in [7, 11) is 0. The summed E-state index contributed by atoms with van der Waals surface area (Å²) in [6, 6.07) is 8.24. The second-order valence-corrected chi connectivity index (χ2v) is 12.3. The number of oxime groups is 1. The first kappa shape index (κ1) is 29.2. The SMILES string of the molecule is CCC[C@@H]1CC(n2c(=O)c(/C(C)=N/OCC(=O)O)nc3ccccc32)CCN1CC[C@@H]1CCCC(C)(C)[C@H]1C. The molecule has 2 fully saturated rings. The van der Waals surface area contributed by atoms with Crippen molar-refractivity contribution in [3.8, 4) is 0 Å². The Morgan fingerprint density at radius 2 is 2.00 bits per heavy atom. The van der Waals surface area contributed by atoms with E-state index in [-0.39, 0.29) is 23.0 Å². The summed E-state index contributed by atoms with van der Waals surface area (Å²) in [6.07, 6.45) is 9.35. The van der Waals surface area contributed by atoms with Gasteiger partial charge in [-0.25, -0.2) is 9.78 Å². The van der Waals surface area contributed by atoms with Crippen molar-refractivity contribution in [2.45, 2.75) is 98.1 Å². The van der Waals surface area contributed by atoms with Gasteiger partial charge in [0.25, 0.3) is 5.56 Å². The van der Waals surface area contributed by atoms with Crippen LogP contribution >= 0.6 is 0 Å². The van der Waals surface area contributed by atoms with Crippen LogP contribution in [0, 0.1) is 17.3 Å². The van der Waals surface area contributed by atoms with Crippen LogP contribution in [0.25, 0.3) is 11.0 Å². The molecule has 2 heterocycles. The number of hydrogen-bond donors (Lipinski definition) is 1. The number of fused-ring (bicyclic) bond motifs is 1. The maximum absolute atomic E-state index is 13.8. The number of piperidine rings is 1. The predicted octanol–water partition coefficient (Wildman–Crippen LogP) is 5.88. The molecule has 1 aromatic heterocycles. The molecular formula is C31H46N4O4. The molecule has 1 saturated heterocycles. The van der Waals surface area contributed by atoms with E-state index in [1.54, 1.807) is 6.92 Å². The molecule has 1 unspecified atom stereocenters. The molecule has 2 aliphatic rings. The lowest BCUT2D eigenvalue weighted by atomic mass is 9.63. The quantitative estimate of drug-likeness (QED) is 0.300. The molecule has 0 bridgehead atoms. The average molecular weight is 539 g/mol. The van der Waals surface area contributed by atoms with Gasteiger partial charge in [0.2, 0.25) is 6.61 Å². The van der Waals surface area contributed by atoms with E-state index in [1.165, 1.54) is 25.7 Å². The minimum absolute atomic E-state index is 0.0669. The summed E-state index contributed by atoms with van der Waals surface area (Å²) in [5.41, 5.74) is 2.29. The summed E-state index contributed by atoms with van der Waals surface area (Å²) in [5.74, 6) is 0.414. The first-order valence-electron chi connectivity index (χ1n) is 14.8. The summed E-state index contributed by atoms with van der Waals surface area (Å²) in [4.78, 5) is 36.9. The Kier molecular flexibility index (Phi) is 9.47. The minimum atomic E-state index is -1.12. The molecule has 1 aliphatic carbocycles. The van der Waals surface area contributed by atoms with Gasteiger partial charge in [-0.15, -0.1) is 0 Å². The Bertz CT molecular complexity index is 1240. The van der Waals surface area contributed by atoms with Gasteiger partial charge < -0.3 is 19.4 Å². The van der Waals surface area contributed by atoms with Gasteiger partial charge in [-0.2, -0.15) is 0 Å². The molecule has 2 aromatic rings. The fourth-order valence-electron chi connectivity index (χ4n) is 6.88. The summed E-state index contributed by atoms with van der Waals surface area (Å²) < 4.78 is 1.92. The summed E-state index contributed by atoms with van der Waals surface area (Å²) >= 11 is 0. The molecule has 0 spiro atoms. The van der Waals surface area contributed by atoms with Crippen LogP contribution < -0.4 is 5.56 Å². The molecule has 1 N–H and O–H groups in total. The van der Waals surface area contributed by atoms with Crippen molar-refractivity contribution in [3.63, 3.8) is 0 Å². The van der Waals surface area contributed by atoms with E-state index in [1.807, 2.05) is 28.8 Å². The topological polar surface area (TPSA) is 97.0 Å². The van der Waals surface area contributed by atoms with Gasteiger partial charge in [0.05, 0.1) is 11.0 Å². The van der Waals surface area contributed by atoms with E-state index in [2.05, 4.69) is 42.7 Å². The van der Waals surface area contributed by atoms with Gasteiger partial charge in [0, 0.05) is 18.6 Å².